The van der Waals surface area contributed by atoms with Crippen molar-refractivity contribution in [3.8, 4) is 5.75 Å². The first-order chi connectivity index (χ1) is 17.6. The quantitative estimate of drug-likeness (QED) is 0.282. The Morgan fingerprint density at radius 2 is 1.81 bits per heavy atom. The third-order valence-corrected chi connectivity index (χ3v) is 6.92. The van der Waals surface area contributed by atoms with Crippen molar-refractivity contribution >= 4 is 23.0 Å². The molecule has 1 aliphatic rings. The zero-order chi connectivity index (χ0) is 27.1. The molecule has 1 amide bonds. The maximum Gasteiger partial charge on any atom is 0.317 e. The molecule has 0 spiro atoms. The molecule has 3 N–H and O–H groups in total. The Morgan fingerprint density at radius 1 is 1.11 bits per heavy atom. The molecule has 0 aromatic heterocycles. The second-order valence-electron chi connectivity index (χ2n) is 9.89. The summed E-state index contributed by atoms with van der Waals surface area (Å²) in [5.74, 6) is 0.756. The summed E-state index contributed by atoms with van der Waals surface area (Å²) in [5.41, 5.74) is 0.328. The fourth-order valence-corrected chi connectivity index (χ4v) is 5.09. The van der Waals surface area contributed by atoms with Crippen LogP contribution in [0.2, 0.25) is 0 Å². The summed E-state index contributed by atoms with van der Waals surface area (Å²) < 4.78 is 6.00. The van der Waals surface area contributed by atoms with Crippen molar-refractivity contribution in [1.29, 1.82) is 0 Å². The molecule has 3 unspecified atom stereocenters. The Bertz CT molecular complexity index is 1120. The number of aromatic hydroxyl groups is 1. The molecular formula is C26H34N4O7. The van der Waals surface area contributed by atoms with E-state index in [4.69, 9.17) is 4.74 Å². The Kier molecular flexibility index (Phi) is 9.40. The molecule has 1 aliphatic carbocycles. The average Bonchev–Trinajstić information content (AvgIpc) is 2.85. The topological polar surface area (TPSA) is 157 Å². The minimum atomic E-state index is -0.863. The van der Waals surface area contributed by atoms with Gasteiger partial charge in [-0.2, -0.15) is 0 Å². The molecular weight excluding hydrogens is 480 g/mol. The van der Waals surface area contributed by atoms with Gasteiger partial charge in [0, 0.05) is 30.4 Å². The molecule has 3 rings (SSSR count). The SMILES string of the molecule is CC(C)C1C(C)CCCC1OCC(=O)NCc1ccc(NCc2cc([N+](=O)[O-])cc([N+](=O)[O-])c2O)cc1. The van der Waals surface area contributed by atoms with E-state index < -0.39 is 27.0 Å². The van der Waals surface area contributed by atoms with Crippen molar-refractivity contribution < 1.29 is 24.5 Å². The van der Waals surface area contributed by atoms with E-state index in [1.54, 1.807) is 24.3 Å². The largest absolute Gasteiger partial charge is 0.502 e. The predicted molar refractivity (Wildman–Crippen MR) is 138 cm³/mol. The standard InChI is InChI=1S/C26H34N4O7/c1-16(2)25-17(3)5-4-6-23(25)37-15-24(31)28-13-18-7-9-20(10-8-18)27-14-19-11-21(29(33)34)12-22(26(19)32)30(35)36/h7-12,16-17,23,25,27,32H,4-6,13-15H2,1-3H3,(H,28,31). The van der Waals surface area contributed by atoms with E-state index in [1.807, 2.05) is 0 Å². The molecule has 2 aromatic carbocycles. The number of nitrogens with one attached hydrogen (secondary N) is 2. The molecule has 0 heterocycles. The molecule has 0 saturated heterocycles. The number of nitrogens with zero attached hydrogens (tertiary/aromatic N) is 2. The van der Waals surface area contributed by atoms with Crippen LogP contribution in [0.5, 0.6) is 5.75 Å². The van der Waals surface area contributed by atoms with Crippen LogP contribution in [0, 0.1) is 38.0 Å². The number of phenols is 1. The van der Waals surface area contributed by atoms with E-state index in [0.717, 1.165) is 30.5 Å². The monoisotopic (exact) mass is 514 g/mol. The van der Waals surface area contributed by atoms with Crippen molar-refractivity contribution in [3.63, 3.8) is 0 Å². The van der Waals surface area contributed by atoms with E-state index in [0.29, 0.717) is 30.0 Å². The molecule has 11 heteroatoms. The highest BCUT2D eigenvalue weighted by atomic mass is 16.6. The summed E-state index contributed by atoms with van der Waals surface area (Å²) in [5, 5.41) is 38.2. The number of amides is 1. The number of anilines is 1. The molecule has 3 atom stereocenters. The minimum absolute atomic E-state index is 0.0269. The Morgan fingerprint density at radius 3 is 2.43 bits per heavy atom. The third-order valence-electron chi connectivity index (χ3n) is 6.92. The maximum atomic E-state index is 12.4. The lowest BCUT2D eigenvalue weighted by Gasteiger charge is -2.38. The predicted octanol–water partition coefficient (Wildman–Crippen LogP) is 4.91. The van der Waals surface area contributed by atoms with Crippen molar-refractivity contribution in [1.82, 2.24) is 5.32 Å². The number of non-ortho nitro benzene ring substituents is 1. The van der Waals surface area contributed by atoms with Gasteiger partial charge in [0.2, 0.25) is 5.91 Å². The first-order valence-corrected chi connectivity index (χ1v) is 12.4. The molecule has 1 fully saturated rings. The van der Waals surface area contributed by atoms with Gasteiger partial charge in [-0.3, -0.25) is 25.0 Å². The van der Waals surface area contributed by atoms with Gasteiger partial charge in [-0.25, -0.2) is 0 Å². The zero-order valence-corrected chi connectivity index (χ0v) is 21.3. The number of rotatable bonds is 11. The Hall–Kier alpha value is -3.73. The summed E-state index contributed by atoms with van der Waals surface area (Å²) in [6, 6.07) is 8.92. The van der Waals surface area contributed by atoms with Crippen LogP contribution in [0.1, 0.15) is 51.2 Å². The van der Waals surface area contributed by atoms with Crippen molar-refractivity contribution in [2.45, 2.75) is 59.2 Å². The first-order valence-electron chi connectivity index (χ1n) is 12.4. The lowest BCUT2D eigenvalue weighted by atomic mass is 9.72. The molecule has 0 aliphatic heterocycles. The number of nitro benzene ring substituents is 2. The maximum absolute atomic E-state index is 12.4. The van der Waals surface area contributed by atoms with Gasteiger partial charge in [0.25, 0.3) is 5.69 Å². The van der Waals surface area contributed by atoms with Crippen LogP contribution < -0.4 is 10.6 Å². The van der Waals surface area contributed by atoms with Gasteiger partial charge in [-0.15, -0.1) is 0 Å². The fraction of sp³-hybridized carbons (Fsp3) is 0.500. The van der Waals surface area contributed by atoms with Crippen LogP contribution in [-0.4, -0.2) is 33.6 Å². The van der Waals surface area contributed by atoms with Crippen LogP contribution in [0.4, 0.5) is 17.1 Å². The van der Waals surface area contributed by atoms with Gasteiger partial charge in [-0.1, -0.05) is 45.7 Å². The van der Waals surface area contributed by atoms with Crippen LogP contribution >= 0.6 is 0 Å². The van der Waals surface area contributed by atoms with Crippen LogP contribution in [0.25, 0.3) is 0 Å². The normalized spacial score (nSPS) is 19.4. The second kappa shape index (κ2) is 12.5. The van der Waals surface area contributed by atoms with Crippen LogP contribution in [0.3, 0.4) is 0 Å². The Balaban J connectivity index is 1.51. The molecule has 200 valence electrons. The number of phenolic OH excluding ortho intramolecular Hbond substituents is 1. The summed E-state index contributed by atoms with van der Waals surface area (Å²) >= 11 is 0. The summed E-state index contributed by atoms with van der Waals surface area (Å²) in [6.45, 7) is 6.97. The van der Waals surface area contributed by atoms with Gasteiger partial charge in [0.05, 0.1) is 22.0 Å². The summed E-state index contributed by atoms with van der Waals surface area (Å²) in [7, 11) is 0. The van der Waals surface area contributed by atoms with Gasteiger partial charge in [0.15, 0.2) is 5.75 Å². The summed E-state index contributed by atoms with van der Waals surface area (Å²) in [4.78, 5) is 32.9. The highest BCUT2D eigenvalue weighted by molar-refractivity contribution is 5.77. The van der Waals surface area contributed by atoms with E-state index in [-0.39, 0.29) is 30.7 Å². The highest BCUT2D eigenvalue weighted by Crippen LogP contribution is 2.37. The third kappa shape index (κ3) is 7.39. The van der Waals surface area contributed by atoms with Gasteiger partial charge in [0.1, 0.15) is 6.61 Å². The van der Waals surface area contributed by atoms with E-state index in [1.165, 1.54) is 6.42 Å². The minimum Gasteiger partial charge on any atom is -0.502 e. The van der Waals surface area contributed by atoms with Gasteiger partial charge >= 0.3 is 5.69 Å². The molecule has 11 nitrogen and oxygen atoms in total. The molecule has 37 heavy (non-hydrogen) atoms. The van der Waals surface area contributed by atoms with E-state index in [2.05, 4.69) is 31.4 Å². The number of hydrogen-bond donors (Lipinski definition) is 3. The van der Waals surface area contributed by atoms with Crippen LogP contribution in [-0.2, 0) is 22.6 Å². The smallest absolute Gasteiger partial charge is 0.317 e. The number of carbonyl (C=O) groups is 1. The number of ether oxygens (including phenoxy) is 1. The van der Waals surface area contributed by atoms with Gasteiger partial charge < -0.3 is 20.5 Å². The zero-order valence-electron chi connectivity index (χ0n) is 21.3. The van der Waals surface area contributed by atoms with Crippen molar-refractivity contribution in [2.24, 2.45) is 17.8 Å². The van der Waals surface area contributed by atoms with Gasteiger partial charge in [-0.05, 0) is 41.9 Å². The highest BCUT2D eigenvalue weighted by Gasteiger charge is 2.33. The van der Waals surface area contributed by atoms with E-state index >= 15 is 0 Å². The number of nitro groups is 2. The van der Waals surface area contributed by atoms with Crippen LogP contribution in [0.15, 0.2) is 36.4 Å². The lowest BCUT2D eigenvalue weighted by molar-refractivity contribution is -0.394. The average molecular weight is 515 g/mol. The molecule has 2 aromatic rings. The van der Waals surface area contributed by atoms with Crippen molar-refractivity contribution in [3.05, 3.63) is 67.8 Å². The number of benzene rings is 2. The number of hydrogen-bond acceptors (Lipinski definition) is 8. The lowest BCUT2D eigenvalue weighted by Crippen LogP contribution is -2.39. The number of carbonyl (C=O) groups excluding carboxylic acids is 1. The summed E-state index contributed by atoms with van der Waals surface area (Å²) in [6.07, 6.45) is 3.41. The van der Waals surface area contributed by atoms with Crippen molar-refractivity contribution in [2.75, 3.05) is 11.9 Å². The molecule has 1 saturated carbocycles. The fourth-order valence-electron chi connectivity index (χ4n) is 5.09. The molecule has 0 radical (unpaired) electrons. The first kappa shape index (κ1) is 27.9. The molecule has 0 bridgehead atoms. The van der Waals surface area contributed by atoms with E-state index in [9.17, 15) is 30.1 Å². The second-order valence-corrected chi connectivity index (χ2v) is 9.89. The Labute approximate surface area is 215 Å².